The Bertz CT molecular complexity index is 1670. The first-order valence-corrected chi connectivity index (χ1v) is 15.0. The molecule has 13 heteroatoms. The number of fused-ring (bicyclic) bond motifs is 1. The number of carboxylic acids is 1. The van der Waals surface area contributed by atoms with Gasteiger partial charge in [0.25, 0.3) is 5.91 Å². The largest absolute Gasteiger partial charge is 0.494 e. The first-order chi connectivity index (χ1) is 21.8. The predicted molar refractivity (Wildman–Crippen MR) is 166 cm³/mol. The molecule has 1 amide bonds. The molecule has 1 aliphatic rings. The van der Waals surface area contributed by atoms with E-state index < -0.39 is 17.6 Å². The molecule has 0 unspecified atom stereocenters. The third kappa shape index (κ3) is 7.37. The fraction of sp³-hybridized carbons (Fsp3) is 0.375. The van der Waals surface area contributed by atoms with Crippen LogP contribution in [0.1, 0.15) is 35.7 Å². The van der Waals surface area contributed by atoms with Crippen LogP contribution in [-0.4, -0.2) is 94.1 Å². The smallest absolute Gasteiger partial charge is 0.303 e. The van der Waals surface area contributed by atoms with Gasteiger partial charge in [-0.15, -0.1) is 0 Å². The molecule has 0 atom stereocenters. The molecule has 1 aliphatic heterocycles. The topological polar surface area (TPSA) is 124 Å². The normalized spacial score (nSPS) is 14.0. The molecule has 0 spiro atoms. The van der Waals surface area contributed by atoms with Crippen molar-refractivity contribution in [3.63, 3.8) is 0 Å². The number of carbonyl (C=O) groups is 2. The predicted octanol–water partition coefficient (Wildman–Crippen LogP) is 4.20. The Balaban J connectivity index is 1.20. The van der Waals surface area contributed by atoms with Gasteiger partial charge in [-0.1, -0.05) is 6.92 Å². The number of anilines is 2. The van der Waals surface area contributed by atoms with Crippen molar-refractivity contribution in [2.75, 3.05) is 58.2 Å². The second kappa shape index (κ2) is 14.4. The minimum absolute atomic E-state index is 0.0387. The molecule has 2 aromatic heterocycles. The lowest BCUT2D eigenvalue weighted by atomic mass is 10.0. The molecule has 0 saturated carbocycles. The number of methoxy groups -OCH3 is 1. The Morgan fingerprint density at radius 1 is 1.02 bits per heavy atom. The highest BCUT2D eigenvalue weighted by Gasteiger charge is 2.20. The number of amides is 1. The molecule has 3 N–H and O–H groups in total. The van der Waals surface area contributed by atoms with Gasteiger partial charge in [0.15, 0.2) is 23.0 Å². The number of ether oxygens (including phenoxy) is 1. The fourth-order valence-electron chi connectivity index (χ4n) is 5.53. The van der Waals surface area contributed by atoms with Gasteiger partial charge in [0.1, 0.15) is 0 Å². The number of imidazole rings is 1. The summed E-state index contributed by atoms with van der Waals surface area (Å²) in [5, 5.41) is 15.1. The summed E-state index contributed by atoms with van der Waals surface area (Å²) in [4.78, 5) is 37.2. The SMILES string of the molecule is CCc1cc(Nc2nccn3c(-c4ccc(OC)c(F)c4F)cnc23)ccc1C(=O)NCCN1CCN(CCCC(=O)O)CC1. The van der Waals surface area contributed by atoms with Gasteiger partial charge < -0.3 is 25.4 Å². The number of benzene rings is 2. The van der Waals surface area contributed by atoms with E-state index in [0.717, 1.165) is 44.8 Å². The van der Waals surface area contributed by atoms with Crippen LogP contribution in [0.5, 0.6) is 5.75 Å². The van der Waals surface area contributed by atoms with Gasteiger partial charge in [0.05, 0.1) is 19.0 Å². The lowest BCUT2D eigenvalue weighted by molar-refractivity contribution is -0.137. The zero-order chi connectivity index (χ0) is 31.9. The van der Waals surface area contributed by atoms with E-state index in [1.54, 1.807) is 28.9 Å². The number of piperazine rings is 1. The van der Waals surface area contributed by atoms with Crippen molar-refractivity contribution in [2.45, 2.75) is 26.2 Å². The zero-order valence-corrected chi connectivity index (χ0v) is 25.4. The molecule has 1 fully saturated rings. The highest BCUT2D eigenvalue weighted by molar-refractivity contribution is 5.96. The number of nitrogens with zero attached hydrogens (tertiary/aromatic N) is 5. The third-order valence-corrected chi connectivity index (χ3v) is 8.01. The number of nitrogens with one attached hydrogen (secondary N) is 2. The number of carbonyl (C=O) groups excluding carboxylic acids is 1. The molecule has 238 valence electrons. The standard InChI is InChI=1S/C32H37F2N7O4/c1-3-21-19-22(6-7-23(21)32(44)36-10-13-40-17-15-39(16-18-40)12-4-5-27(42)43)38-30-31-37-20-25(41(31)14-11-35-30)24-8-9-26(45-2)29(34)28(24)33/h6-9,11,14,19-20H,3-5,10,12-13,15-18H2,1-2H3,(H,35,38)(H,36,44)(H,42,43). The van der Waals surface area contributed by atoms with Crippen molar-refractivity contribution in [1.29, 1.82) is 0 Å². The molecular formula is C32H37F2N7O4. The number of aliphatic carboxylic acids is 1. The summed E-state index contributed by atoms with van der Waals surface area (Å²) in [6.45, 7) is 7.58. The minimum atomic E-state index is -1.07. The quantitative estimate of drug-likeness (QED) is 0.202. The van der Waals surface area contributed by atoms with E-state index in [-0.39, 0.29) is 23.6 Å². The third-order valence-electron chi connectivity index (χ3n) is 8.01. The maximum Gasteiger partial charge on any atom is 0.303 e. The Kier molecular flexibility index (Phi) is 10.2. The van der Waals surface area contributed by atoms with Gasteiger partial charge in [-0.25, -0.2) is 14.4 Å². The maximum absolute atomic E-state index is 14.8. The number of hydrogen-bond donors (Lipinski definition) is 3. The number of rotatable bonds is 13. The molecule has 0 radical (unpaired) electrons. The lowest BCUT2D eigenvalue weighted by Crippen LogP contribution is -2.48. The van der Waals surface area contributed by atoms with Gasteiger partial charge in [0.2, 0.25) is 5.82 Å². The summed E-state index contributed by atoms with van der Waals surface area (Å²) in [6, 6.07) is 8.28. The monoisotopic (exact) mass is 621 g/mol. The molecule has 4 aromatic rings. The maximum atomic E-state index is 14.8. The number of aromatic nitrogens is 3. The number of aryl methyl sites for hydroxylation is 1. The fourth-order valence-corrected chi connectivity index (χ4v) is 5.53. The Hall–Kier alpha value is -4.62. The zero-order valence-electron chi connectivity index (χ0n) is 25.4. The molecule has 2 aromatic carbocycles. The van der Waals surface area contributed by atoms with Crippen LogP contribution in [0.2, 0.25) is 0 Å². The van der Waals surface area contributed by atoms with Crippen molar-refractivity contribution in [3.8, 4) is 17.0 Å². The van der Waals surface area contributed by atoms with Crippen molar-refractivity contribution >= 4 is 29.0 Å². The van der Waals surface area contributed by atoms with Gasteiger partial charge in [0, 0.05) is 74.9 Å². The first-order valence-electron chi connectivity index (χ1n) is 15.0. The van der Waals surface area contributed by atoms with E-state index in [1.807, 2.05) is 13.0 Å². The van der Waals surface area contributed by atoms with E-state index >= 15 is 0 Å². The summed E-state index contributed by atoms with van der Waals surface area (Å²) >= 11 is 0. The van der Waals surface area contributed by atoms with Crippen LogP contribution in [0.3, 0.4) is 0 Å². The summed E-state index contributed by atoms with van der Waals surface area (Å²) in [7, 11) is 1.28. The van der Waals surface area contributed by atoms with E-state index in [4.69, 9.17) is 9.84 Å². The molecule has 3 heterocycles. The second-order valence-electron chi connectivity index (χ2n) is 10.8. The summed E-state index contributed by atoms with van der Waals surface area (Å²) < 4.78 is 35.7. The van der Waals surface area contributed by atoms with Gasteiger partial charge in [-0.05, 0) is 55.3 Å². The Morgan fingerprint density at radius 3 is 2.49 bits per heavy atom. The summed E-state index contributed by atoms with van der Waals surface area (Å²) in [5.74, 6) is -2.77. The van der Waals surface area contributed by atoms with E-state index in [9.17, 15) is 18.4 Å². The molecule has 0 bridgehead atoms. The Labute approximate surface area is 259 Å². The number of hydrogen-bond acceptors (Lipinski definition) is 8. The van der Waals surface area contributed by atoms with Crippen molar-refractivity contribution in [2.24, 2.45) is 0 Å². The van der Waals surface area contributed by atoms with Crippen molar-refractivity contribution < 1.29 is 28.2 Å². The average molecular weight is 622 g/mol. The molecule has 1 saturated heterocycles. The van der Waals surface area contributed by atoms with Crippen LogP contribution < -0.4 is 15.4 Å². The van der Waals surface area contributed by atoms with Crippen LogP contribution in [0.25, 0.3) is 16.9 Å². The van der Waals surface area contributed by atoms with E-state index in [2.05, 4.69) is 30.4 Å². The van der Waals surface area contributed by atoms with Gasteiger partial charge >= 0.3 is 5.97 Å². The van der Waals surface area contributed by atoms with Gasteiger partial charge in [-0.2, -0.15) is 4.39 Å². The lowest BCUT2D eigenvalue weighted by Gasteiger charge is -2.34. The molecule has 45 heavy (non-hydrogen) atoms. The van der Waals surface area contributed by atoms with Crippen LogP contribution in [0, 0.1) is 11.6 Å². The molecule has 0 aliphatic carbocycles. The van der Waals surface area contributed by atoms with Gasteiger partial charge in [-0.3, -0.25) is 18.9 Å². The molecular weight excluding hydrogens is 584 g/mol. The highest BCUT2D eigenvalue weighted by Crippen LogP contribution is 2.31. The molecule has 5 rings (SSSR count). The van der Waals surface area contributed by atoms with Crippen LogP contribution in [0.15, 0.2) is 48.9 Å². The summed E-state index contributed by atoms with van der Waals surface area (Å²) in [5.41, 5.74) is 2.97. The minimum Gasteiger partial charge on any atom is -0.494 e. The van der Waals surface area contributed by atoms with Crippen LogP contribution in [-0.2, 0) is 11.2 Å². The van der Waals surface area contributed by atoms with E-state index in [1.165, 1.54) is 25.4 Å². The first kappa shape index (κ1) is 31.8. The van der Waals surface area contributed by atoms with Crippen LogP contribution in [0.4, 0.5) is 20.3 Å². The van der Waals surface area contributed by atoms with Crippen LogP contribution >= 0.6 is 0 Å². The van der Waals surface area contributed by atoms with Crippen molar-refractivity contribution in [1.82, 2.24) is 29.5 Å². The average Bonchev–Trinajstić information content (AvgIpc) is 3.47. The molecule has 11 nitrogen and oxygen atoms in total. The Morgan fingerprint density at radius 2 is 1.78 bits per heavy atom. The number of halogens is 2. The highest BCUT2D eigenvalue weighted by atomic mass is 19.2. The second-order valence-corrected chi connectivity index (χ2v) is 10.8. The number of carboxylic acid groups (broad SMARTS) is 1. The van der Waals surface area contributed by atoms with E-state index in [0.29, 0.717) is 47.8 Å². The summed E-state index contributed by atoms with van der Waals surface area (Å²) in [6.07, 6.45) is 6.11. The van der Waals surface area contributed by atoms with Crippen molar-refractivity contribution in [3.05, 3.63) is 71.7 Å².